The molecule has 1 spiro atoms. The van der Waals surface area contributed by atoms with Crippen LogP contribution in [0.4, 0.5) is 0 Å². The van der Waals surface area contributed by atoms with E-state index in [1.165, 1.54) is 0 Å². The predicted molar refractivity (Wildman–Crippen MR) is 81.2 cm³/mol. The summed E-state index contributed by atoms with van der Waals surface area (Å²) in [6.45, 7) is 4.59. The first-order valence-corrected chi connectivity index (χ1v) is 9.61. The van der Waals surface area contributed by atoms with Crippen LogP contribution in [0.1, 0.15) is 38.5 Å². The molecular weight excluding hydrogens is 290 g/mol. The van der Waals surface area contributed by atoms with Crippen molar-refractivity contribution in [1.82, 2.24) is 14.3 Å². The summed E-state index contributed by atoms with van der Waals surface area (Å²) in [5, 5.41) is 3.38. The van der Waals surface area contributed by atoms with Gasteiger partial charge in [-0.2, -0.15) is 17.4 Å². The zero-order valence-corrected chi connectivity index (χ0v) is 13.5. The van der Waals surface area contributed by atoms with Gasteiger partial charge in [-0.3, -0.25) is 0 Å². The van der Waals surface area contributed by atoms with Crippen LogP contribution in [0.15, 0.2) is 0 Å². The fourth-order valence-electron chi connectivity index (χ4n) is 3.73. The maximum atomic E-state index is 12.3. The minimum Gasteiger partial charge on any atom is -0.376 e. The maximum Gasteiger partial charge on any atom is 0.279 e. The molecule has 0 radical (unpaired) electrons. The molecule has 0 saturated carbocycles. The van der Waals surface area contributed by atoms with Gasteiger partial charge in [0.2, 0.25) is 0 Å². The molecule has 0 aliphatic carbocycles. The Bertz CT molecular complexity index is 442. The smallest absolute Gasteiger partial charge is 0.279 e. The number of ether oxygens (including phenoxy) is 1. The van der Waals surface area contributed by atoms with Crippen molar-refractivity contribution in [2.75, 3.05) is 39.3 Å². The number of rotatable bonds is 4. The van der Waals surface area contributed by atoms with Gasteiger partial charge in [0, 0.05) is 19.6 Å². The van der Waals surface area contributed by atoms with Gasteiger partial charge < -0.3 is 10.1 Å². The molecule has 21 heavy (non-hydrogen) atoms. The predicted octanol–water partition coefficient (Wildman–Crippen LogP) is 0.465. The van der Waals surface area contributed by atoms with E-state index in [0.717, 1.165) is 58.2 Å². The van der Waals surface area contributed by atoms with Crippen molar-refractivity contribution >= 4 is 10.2 Å². The molecule has 0 aromatic rings. The molecule has 1 unspecified atom stereocenters. The maximum absolute atomic E-state index is 12.3. The van der Waals surface area contributed by atoms with E-state index in [4.69, 9.17) is 4.74 Å². The van der Waals surface area contributed by atoms with Crippen molar-refractivity contribution in [3.63, 3.8) is 0 Å². The van der Waals surface area contributed by atoms with Crippen molar-refractivity contribution in [2.45, 2.75) is 44.6 Å². The SMILES string of the molecule is O=S(=O)(NCC1CC2(CCNCC2)CO1)N1CCCCC1. The largest absolute Gasteiger partial charge is 0.376 e. The van der Waals surface area contributed by atoms with Gasteiger partial charge in [0.1, 0.15) is 0 Å². The first-order chi connectivity index (χ1) is 10.1. The Kier molecular flexibility index (Phi) is 4.85. The second kappa shape index (κ2) is 6.50. The Balaban J connectivity index is 1.49. The lowest BCUT2D eigenvalue weighted by Gasteiger charge is -2.32. The minimum atomic E-state index is -3.32. The molecule has 6 nitrogen and oxygen atoms in total. The van der Waals surface area contributed by atoms with E-state index < -0.39 is 10.2 Å². The topological polar surface area (TPSA) is 70.7 Å². The number of hydrogen-bond donors (Lipinski definition) is 2. The van der Waals surface area contributed by atoms with Gasteiger partial charge in [-0.25, -0.2) is 0 Å². The lowest BCUT2D eigenvalue weighted by molar-refractivity contribution is 0.0885. The average molecular weight is 317 g/mol. The molecule has 3 saturated heterocycles. The zero-order valence-electron chi connectivity index (χ0n) is 12.6. The highest BCUT2D eigenvalue weighted by Gasteiger charge is 2.41. The van der Waals surface area contributed by atoms with Crippen LogP contribution in [0.5, 0.6) is 0 Å². The van der Waals surface area contributed by atoms with E-state index in [-0.39, 0.29) is 11.5 Å². The van der Waals surface area contributed by atoms with E-state index >= 15 is 0 Å². The highest BCUT2D eigenvalue weighted by Crippen LogP contribution is 2.40. The minimum absolute atomic E-state index is 0.0302. The Labute approximate surface area is 127 Å². The van der Waals surface area contributed by atoms with Gasteiger partial charge in [-0.05, 0) is 50.6 Å². The fourth-order valence-corrected chi connectivity index (χ4v) is 5.04. The van der Waals surface area contributed by atoms with Crippen molar-refractivity contribution < 1.29 is 13.2 Å². The van der Waals surface area contributed by atoms with Crippen LogP contribution in [0, 0.1) is 5.41 Å². The van der Waals surface area contributed by atoms with Crippen LogP contribution in [0.25, 0.3) is 0 Å². The lowest BCUT2D eigenvalue weighted by atomic mass is 9.77. The normalized spacial score (nSPS) is 30.8. The molecule has 0 aromatic heterocycles. The third kappa shape index (κ3) is 3.76. The first kappa shape index (κ1) is 15.7. The quantitative estimate of drug-likeness (QED) is 0.790. The van der Waals surface area contributed by atoms with Crippen molar-refractivity contribution in [3.05, 3.63) is 0 Å². The summed E-state index contributed by atoms with van der Waals surface area (Å²) in [4.78, 5) is 0. The fraction of sp³-hybridized carbons (Fsp3) is 1.00. The summed E-state index contributed by atoms with van der Waals surface area (Å²) < 4.78 is 34.7. The highest BCUT2D eigenvalue weighted by atomic mass is 32.2. The highest BCUT2D eigenvalue weighted by molar-refractivity contribution is 7.87. The number of hydrogen-bond acceptors (Lipinski definition) is 4. The van der Waals surface area contributed by atoms with Gasteiger partial charge in [-0.1, -0.05) is 6.42 Å². The van der Waals surface area contributed by atoms with Gasteiger partial charge in [0.25, 0.3) is 10.2 Å². The standard InChI is InChI=1S/C14H27N3O3S/c18-21(19,17-8-2-1-3-9-17)16-11-13-10-14(12-20-13)4-6-15-7-5-14/h13,15-16H,1-12H2. The second-order valence-corrected chi connectivity index (χ2v) is 8.46. The number of nitrogens with zero attached hydrogens (tertiary/aromatic N) is 1. The molecule has 1 atom stereocenters. The molecule has 3 fully saturated rings. The third-order valence-corrected chi connectivity index (χ3v) is 6.67. The molecular formula is C14H27N3O3S. The van der Waals surface area contributed by atoms with Gasteiger partial charge in [0.15, 0.2) is 0 Å². The molecule has 3 rings (SSSR count). The molecule has 7 heteroatoms. The summed E-state index contributed by atoms with van der Waals surface area (Å²) in [5.74, 6) is 0. The zero-order chi connectivity index (χ0) is 14.8. The Morgan fingerprint density at radius 3 is 2.62 bits per heavy atom. The number of piperidine rings is 2. The monoisotopic (exact) mass is 317 g/mol. The van der Waals surface area contributed by atoms with Crippen LogP contribution in [0.2, 0.25) is 0 Å². The Morgan fingerprint density at radius 1 is 1.19 bits per heavy atom. The molecule has 0 aromatic carbocycles. The number of nitrogens with one attached hydrogen (secondary N) is 2. The van der Waals surface area contributed by atoms with Crippen LogP contribution in [0.3, 0.4) is 0 Å². The van der Waals surface area contributed by atoms with Crippen LogP contribution < -0.4 is 10.0 Å². The molecule has 0 amide bonds. The Hall–Kier alpha value is -0.210. The average Bonchev–Trinajstić information content (AvgIpc) is 2.90. The summed E-state index contributed by atoms with van der Waals surface area (Å²) in [5.41, 5.74) is 0.284. The first-order valence-electron chi connectivity index (χ1n) is 8.17. The second-order valence-electron chi connectivity index (χ2n) is 6.70. The van der Waals surface area contributed by atoms with Crippen LogP contribution >= 0.6 is 0 Å². The summed E-state index contributed by atoms with van der Waals surface area (Å²) >= 11 is 0. The van der Waals surface area contributed by atoms with E-state index in [1.54, 1.807) is 4.31 Å². The van der Waals surface area contributed by atoms with E-state index in [0.29, 0.717) is 19.6 Å². The van der Waals surface area contributed by atoms with Gasteiger partial charge >= 0.3 is 0 Å². The summed E-state index contributed by atoms with van der Waals surface area (Å²) in [6.07, 6.45) is 6.37. The van der Waals surface area contributed by atoms with Crippen molar-refractivity contribution in [1.29, 1.82) is 0 Å². The third-order valence-electron chi connectivity index (χ3n) is 5.10. The van der Waals surface area contributed by atoms with Crippen LogP contribution in [-0.4, -0.2) is 58.2 Å². The molecule has 3 heterocycles. The van der Waals surface area contributed by atoms with Gasteiger partial charge in [0.05, 0.1) is 12.7 Å². The molecule has 122 valence electrons. The van der Waals surface area contributed by atoms with E-state index in [9.17, 15) is 8.42 Å². The molecule has 2 N–H and O–H groups in total. The summed E-state index contributed by atoms with van der Waals surface area (Å²) in [7, 11) is -3.32. The van der Waals surface area contributed by atoms with E-state index in [1.807, 2.05) is 0 Å². The van der Waals surface area contributed by atoms with Gasteiger partial charge in [-0.15, -0.1) is 0 Å². The lowest BCUT2D eigenvalue weighted by Crippen LogP contribution is -2.45. The Morgan fingerprint density at radius 2 is 1.90 bits per heavy atom. The molecule has 0 bridgehead atoms. The molecule has 3 aliphatic rings. The van der Waals surface area contributed by atoms with E-state index in [2.05, 4.69) is 10.0 Å². The van der Waals surface area contributed by atoms with Crippen molar-refractivity contribution in [2.24, 2.45) is 5.41 Å². The van der Waals surface area contributed by atoms with Crippen LogP contribution in [-0.2, 0) is 14.9 Å². The molecule has 3 aliphatic heterocycles. The summed E-state index contributed by atoms with van der Waals surface area (Å²) in [6, 6.07) is 0. The van der Waals surface area contributed by atoms with Crippen molar-refractivity contribution in [3.8, 4) is 0 Å².